The second-order valence-electron chi connectivity index (χ2n) is 9.28. The van der Waals surface area contributed by atoms with Crippen molar-refractivity contribution >= 4 is 41.7 Å². The molecular formula is C21H42IN5S. The molecule has 28 heavy (non-hydrogen) atoms. The number of hydrogen-bond acceptors (Lipinski definition) is 4. The zero-order valence-corrected chi connectivity index (χ0v) is 21.7. The van der Waals surface area contributed by atoms with Crippen molar-refractivity contribution in [2.75, 3.05) is 65.2 Å². The van der Waals surface area contributed by atoms with Gasteiger partial charge in [0, 0.05) is 35.7 Å². The highest BCUT2D eigenvalue weighted by Gasteiger charge is 2.40. The van der Waals surface area contributed by atoms with E-state index in [1.807, 2.05) is 0 Å². The third-order valence-electron chi connectivity index (χ3n) is 6.53. The van der Waals surface area contributed by atoms with Gasteiger partial charge in [0.05, 0.1) is 6.54 Å². The minimum Gasteiger partial charge on any atom is -0.357 e. The molecule has 3 saturated heterocycles. The van der Waals surface area contributed by atoms with E-state index >= 15 is 0 Å². The van der Waals surface area contributed by atoms with Crippen LogP contribution < -0.4 is 5.32 Å². The van der Waals surface area contributed by atoms with E-state index < -0.39 is 0 Å². The molecule has 0 spiro atoms. The normalized spacial score (nSPS) is 26.6. The smallest absolute Gasteiger partial charge is 0.194 e. The molecule has 3 aliphatic heterocycles. The maximum atomic E-state index is 5.26. The third kappa shape index (κ3) is 6.38. The van der Waals surface area contributed by atoms with Crippen LogP contribution in [0.2, 0.25) is 0 Å². The first-order valence-corrected chi connectivity index (χ1v) is 12.0. The topological polar surface area (TPSA) is 34.1 Å². The van der Waals surface area contributed by atoms with Gasteiger partial charge in [0.1, 0.15) is 0 Å². The van der Waals surface area contributed by atoms with Crippen molar-refractivity contribution in [1.29, 1.82) is 0 Å². The van der Waals surface area contributed by atoms with E-state index in [-0.39, 0.29) is 29.5 Å². The average Bonchev–Trinajstić information content (AvgIpc) is 2.66. The number of aliphatic imine (C=N–C) groups is 1. The molecule has 0 aromatic carbocycles. The molecule has 3 heterocycles. The molecule has 0 bridgehead atoms. The summed E-state index contributed by atoms with van der Waals surface area (Å²) >= 11 is 2.09. The van der Waals surface area contributed by atoms with Crippen LogP contribution in [0.15, 0.2) is 4.99 Å². The zero-order chi connectivity index (χ0) is 19.3. The molecule has 0 aromatic heterocycles. The van der Waals surface area contributed by atoms with Crippen LogP contribution in [0.25, 0.3) is 0 Å². The van der Waals surface area contributed by atoms with Crippen molar-refractivity contribution in [3.8, 4) is 0 Å². The monoisotopic (exact) mass is 523 g/mol. The number of rotatable bonds is 4. The molecule has 0 atom stereocenters. The zero-order valence-electron chi connectivity index (χ0n) is 18.5. The van der Waals surface area contributed by atoms with Gasteiger partial charge in [0.25, 0.3) is 0 Å². The van der Waals surface area contributed by atoms with Gasteiger partial charge in [-0.3, -0.25) is 9.89 Å². The molecule has 5 nitrogen and oxygen atoms in total. The predicted octanol–water partition coefficient (Wildman–Crippen LogP) is 3.35. The standard InChI is InChI=1S/C21H41N5S.HI/c1-5-22-19(25-15-16-27-20(2,3)18-25)23-17-21(9-13-24(4)14-10-21)26-11-7-6-8-12-26;/h5-18H2,1-4H3,(H,22,23);1H. The minimum absolute atomic E-state index is 0. The first-order valence-electron chi connectivity index (χ1n) is 11.0. The summed E-state index contributed by atoms with van der Waals surface area (Å²) in [6, 6.07) is 0. The molecule has 3 fully saturated rings. The summed E-state index contributed by atoms with van der Waals surface area (Å²) in [6.07, 6.45) is 6.64. The SMILES string of the molecule is CCNC(=NCC1(N2CCCCC2)CCN(C)CC1)N1CCSC(C)(C)C1.I. The second kappa shape index (κ2) is 11.0. The molecule has 0 radical (unpaired) electrons. The van der Waals surface area contributed by atoms with Crippen LogP contribution in [0.4, 0.5) is 0 Å². The summed E-state index contributed by atoms with van der Waals surface area (Å²) < 4.78 is 0.312. The number of nitrogens with zero attached hydrogens (tertiary/aromatic N) is 4. The Labute approximate surface area is 194 Å². The summed E-state index contributed by atoms with van der Waals surface area (Å²) in [5.74, 6) is 2.33. The maximum absolute atomic E-state index is 5.26. The van der Waals surface area contributed by atoms with Gasteiger partial charge in [-0.15, -0.1) is 24.0 Å². The maximum Gasteiger partial charge on any atom is 0.194 e. The molecule has 1 N–H and O–H groups in total. The van der Waals surface area contributed by atoms with Crippen molar-refractivity contribution < 1.29 is 0 Å². The second-order valence-corrected chi connectivity index (χ2v) is 11.1. The van der Waals surface area contributed by atoms with Crippen molar-refractivity contribution in [2.45, 2.75) is 63.2 Å². The lowest BCUT2D eigenvalue weighted by molar-refractivity contribution is 0.0206. The molecule has 0 aromatic rings. The van der Waals surface area contributed by atoms with Gasteiger partial charge in [0.15, 0.2) is 5.96 Å². The lowest BCUT2D eigenvalue weighted by Crippen LogP contribution is -2.59. The lowest BCUT2D eigenvalue weighted by Gasteiger charge is -2.49. The highest BCUT2D eigenvalue weighted by atomic mass is 127. The van der Waals surface area contributed by atoms with Gasteiger partial charge in [-0.2, -0.15) is 11.8 Å². The van der Waals surface area contributed by atoms with Crippen LogP contribution in [0.5, 0.6) is 0 Å². The minimum atomic E-state index is 0. The molecule has 3 aliphatic rings. The van der Waals surface area contributed by atoms with Crippen LogP contribution in [0.3, 0.4) is 0 Å². The van der Waals surface area contributed by atoms with E-state index in [1.165, 1.54) is 64.0 Å². The van der Waals surface area contributed by atoms with Crippen molar-refractivity contribution in [1.82, 2.24) is 20.0 Å². The number of piperidine rings is 2. The summed E-state index contributed by atoms with van der Waals surface area (Å²) in [6.45, 7) is 15.9. The van der Waals surface area contributed by atoms with Crippen LogP contribution in [-0.2, 0) is 0 Å². The molecule has 7 heteroatoms. The summed E-state index contributed by atoms with van der Waals surface area (Å²) in [5, 5.41) is 3.60. The third-order valence-corrected chi connectivity index (χ3v) is 7.83. The van der Waals surface area contributed by atoms with Crippen LogP contribution >= 0.6 is 35.7 Å². The van der Waals surface area contributed by atoms with E-state index in [0.717, 1.165) is 32.1 Å². The van der Waals surface area contributed by atoms with E-state index in [4.69, 9.17) is 4.99 Å². The van der Waals surface area contributed by atoms with Gasteiger partial charge in [-0.05, 0) is 79.7 Å². The van der Waals surface area contributed by atoms with E-state index in [0.29, 0.717) is 4.75 Å². The van der Waals surface area contributed by atoms with Crippen molar-refractivity contribution in [3.05, 3.63) is 0 Å². The average molecular weight is 524 g/mol. The Bertz CT molecular complexity index is 499. The quantitative estimate of drug-likeness (QED) is 0.348. The highest BCUT2D eigenvalue weighted by molar-refractivity contribution is 14.0. The molecule has 0 unspecified atom stereocenters. The van der Waals surface area contributed by atoms with E-state index in [1.54, 1.807) is 0 Å². The summed E-state index contributed by atoms with van der Waals surface area (Å²) in [5.41, 5.74) is 0.271. The fraction of sp³-hybridized carbons (Fsp3) is 0.952. The number of hydrogen-bond donors (Lipinski definition) is 1. The van der Waals surface area contributed by atoms with Crippen LogP contribution in [-0.4, -0.2) is 96.1 Å². The predicted molar refractivity (Wildman–Crippen MR) is 134 cm³/mol. The Morgan fingerprint density at radius 1 is 1.04 bits per heavy atom. The van der Waals surface area contributed by atoms with Gasteiger partial charge < -0.3 is 15.1 Å². The first kappa shape index (κ1) is 24.5. The number of halogens is 1. The Morgan fingerprint density at radius 3 is 2.32 bits per heavy atom. The van der Waals surface area contributed by atoms with Crippen molar-refractivity contribution in [2.24, 2.45) is 4.99 Å². The fourth-order valence-electron chi connectivity index (χ4n) is 4.82. The number of thioether (sulfide) groups is 1. The van der Waals surface area contributed by atoms with Gasteiger partial charge in [0.2, 0.25) is 0 Å². The Balaban J connectivity index is 0.00000280. The Kier molecular flexibility index (Phi) is 9.68. The van der Waals surface area contributed by atoms with Crippen molar-refractivity contribution in [3.63, 3.8) is 0 Å². The van der Waals surface area contributed by atoms with Crippen LogP contribution in [0, 0.1) is 0 Å². The summed E-state index contributed by atoms with van der Waals surface area (Å²) in [7, 11) is 2.26. The van der Waals surface area contributed by atoms with Crippen LogP contribution in [0.1, 0.15) is 52.9 Å². The van der Waals surface area contributed by atoms with Gasteiger partial charge in [-0.25, -0.2) is 0 Å². The van der Waals surface area contributed by atoms with Gasteiger partial charge >= 0.3 is 0 Å². The first-order chi connectivity index (χ1) is 12.9. The Morgan fingerprint density at radius 2 is 1.71 bits per heavy atom. The largest absolute Gasteiger partial charge is 0.357 e. The fourth-order valence-corrected chi connectivity index (χ4v) is 5.93. The molecular weight excluding hydrogens is 481 g/mol. The highest BCUT2D eigenvalue weighted by Crippen LogP contribution is 2.32. The number of guanidine groups is 1. The van der Waals surface area contributed by atoms with E-state index in [2.05, 4.69) is 59.6 Å². The molecule has 0 amide bonds. The Hall–Kier alpha value is 0.270. The molecule has 0 saturated carbocycles. The molecule has 0 aliphatic carbocycles. The number of likely N-dealkylation sites (tertiary alicyclic amines) is 2. The van der Waals surface area contributed by atoms with E-state index in [9.17, 15) is 0 Å². The lowest BCUT2D eigenvalue weighted by atomic mass is 9.84. The van der Waals surface area contributed by atoms with Gasteiger partial charge in [-0.1, -0.05) is 6.42 Å². The summed E-state index contributed by atoms with van der Waals surface area (Å²) in [4.78, 5) is 13.0. The molecule has 164 valence electrons. The molecule has 3 rings (SSSR count). The number of nitrogens with one attached hydrogen (secondary N) is 1.